The van der Waals surface area contributed by atoms with Crippen LogP contribution in [0.2, 0.25) is 0 Å². The molecule has 96 valence electrons. The van der Waals surface area contributed by atoms with E-state index in [1.165, 1.54) is 6.07 Å². The van der Waals surface area contributed by atoms with Crippen LogP contribution >= 0.6 is 22.6 Å². The fourth-order valence-corrected chi connectivity index (χ4v) is 2.10. The van der Waals surface area contributed by atoms with Crippen LogP contribution in [-0.2, 0) is 6.54 Å². The van der Waals surface area contributed by atoms with E-state index in [4.69, 9.17) is 5.73 Å². The molecular formula is C12H14FIN4. The molecule has 2 aromatic rings. The number of hydrogen-bond acceptors (Lipinski definition) is 3. The Labute approximate surface area is 119 Å². The van der Waals surface area contributed by atoms with Crippen molar-refractivity contribution in [1.29, 1.82) is 0 Å². The summed E-state index contributed by atoms with van der Waals surface area (Å²) in [5, 5.41) is 7.28. The Morgan fingerprint density at radius 1 is 1.50 bits per heavy atom. The molecule has 2 rings (SSSR count). The zero-order valence-corrected chi connectivity index (χ0v) is 12.1. The van der Waals surface area contributed by atoms with E-state index in [1.54, 1.807) is 12.3 Å². The summed E-state index contributed by atoms with van der Waals surface area (Å²) >= 11 is 1.92. The lowest BCUT2D eigenvalue weighted by Crippen LogP contribution is -2.12. The van der Waals surface area contributed by atoms with Gasteiger partial charge in [0.05, 0.1) is 27.7 Å². The maximum atomic E-state index is 13.4. The first kappa shape index (κ1) is 13.1. The summed E-state index contributed by atoms with van der Waals surface area (Å²) in [4.78, 5) is 0. The highest BCUT2D eigenvalue weighted by Gasteiger charge is 2.05. The van der Waals surface area contributed by atoms with Crippen molar-refractivity contribution in [3.8, 4) is 0 Å². The van der Waals surface area contributed by atoms with Crippen molar-refractivity contribution in [3.05, 3.63) is 39.5 Å². The minimum absolute atomic E-state index is 0.262. The van der Waals surface area contributed by atoms with Crippen molar-refractivity contribution in [1.82, 2.24) is 9.78 Å². The molecule has 0 radical (unpaired) electrons. The Morgan fingerprint density at radius 3 is 2.94 bits per heavy atom. The van der Waals surface area contributed by atoms with Gasteiger partial charge in [-0.1, -0.05) is 0 Å². The van der Waals surface area contributed by atoms with Gasteiger partial charge < -0.3 is 11.1 Å². The van der Waals surface area contributed by atoms with Crippen molar-refractivity contribution in [2.24, 2.45) is 0 Å². The molecule has 1 aromatic heterocycles. The van der Waals surface area contributed by atoms with E-state index in [0.29, 0.717) is 28.0 Å². The van der Waals surface area contributed by atoms with Crippen molar-refractivity contribution in [3.63, 3.8) is 0 Å². The number of nitrogens with one attached hydrogen (secondary N) is 1. The van der Waals surface area contributed by atoms with Gasteiger partial charge in [-0.3, -0.25) is 4.68 Å². The number of hydrogen-bond donors (Lipinski definition) is 2. The smallest absolute Gasteiger partial charge is 0.138 e. The Hall–Kier alpha value is -1.31. The van der Waals surface area contributed by atoms with Gasteiger partial charge in [0.25, 0.3) is 0 Å². The third-order valence-corrected chi connectivity index (χ3v) is 3.34. The zero-order valence-electron chi connectivity index (χ0n) is 9.95. The van der Waals surface area contributed by atoms with Crippen molar-refractivity contribution >= 4 is 34.0 Å². The topological polar surface area (TPSA) is 55.9 Å². The highest BCUT2D eigenvalue weighted by molar-refractivity contribution is 14.1. The molecule has 0 fully saturated rings. The normalized spacial score (nSPS) is 10.6. The van der Waals surface area contributed by atoms with Crippen LogP contribution in [-0.4, -0.2) is 16.3 Å². The van der Waals surface area contributed by atoms with Gasteiger partial charge in [0.15, 0.2) is 0 Å². The second-order valence-electron chi connectivity index (χ2n) is 4.06. The monoisotopic (exact) mass is 360 g/mol. The number of halogens is 2. The van der Waals surface area contributed by atoms with Crippen molar-refractivity contribution in [2.45, 2.75) is 13.5 Å². The molecule has 0 unspecified atom stereocenters. The highest BCUT2D eigenvalue weighted by Crippen LogP contribution is 2.23. The van der Waals surface area contributed by atoms with E-state index in [9.17, 15) is 4.39 Å². The molecule has 6 heteroatoms. The van der Waals surface area contributed by atoms with Crippen LogP contribution in [0.3, 0.4) is 0 Å². The van der Waals surface area contributed by atoms with Crippen molar-refractivity contribution < 1.29 is 4.39 Å². The third kappa shape index (κ3) is 3.12. The fourth-order valence-electron chi connectivity index (χ4n) is 1.61. The molecule has 0 amide bonds. The number of aromatic nitrogens is 2. The maximum absolute atomic E-state index is 13.4. The molecule has 18 heavy (non-hydrogen) atoms. The van der Waals surface area contributed by atoms with Crippen LogP contribution in [0.5, 0.6) is 0 Å². The molecule has 0 aliphatic heterocycles. The van der Waals surface area contributed by atoms with Gasteiger partial charge in [0.1, 0.15) is 5.82 Å². The quantitative estimate of drug-likeness (QED) is 0.651. The molecular weight excluding hydrogens is 346 g/mol. The lowest BCUT2D eigenvalue weighted by molar-refractivity contribution is 0.619. The van der Waals surface area contributed by atoms with E-state index in [0.717, 1.165) is 5.56 Å². The molecule has 4 nitrogen and oxygen atoms in total. The summed E-state index contributed by atoms with van der Waals surface area (Å²) in [5.74, 6) is -0.262. The minimum Gasteiger partial charge on any atom is -0.397 e. The average Bonchev–Trinajstić information content (AvgIpc) is 2.71. The van der Waals surface area contributed by atoms with Crippen LogP contribution in [0.1, 0.15) is 5.56 Å². The first-order valence-corrected chi connectivity index (χ1v) is 6.61. The number of nitrogen functional groups attached to an aromatic ring is 1. The Bertz CT molecular complexity index is 553. The number of nitrogens with two attached hydrogens (primary N) is 1. The van der Waals surface area contributed by atoms with Crippen LogP contribution < -0.4 is 11.1 Å². The standard InChI is InChI=1S/C12H14FIN4/c1-8-6-17-18(7-8)3-2-16-12-4-9(13)10(14)5-11(12)15/h4-7,16H,2-3,15H2,1H3. The molecule has 0 spiro atoms. The van der Waals surface area contributed by atoms with Gasteiger partial charge in [0, 0.05) is 18.8 Å². The molecule has 0 aliphatic carbocycles. The second kappa shape index (κ2) is 5.55. The summed E-state index contributed by atoms with van der Waals surface area (Å²) in [6, 6.07) is 3.04. The number of anilines is 2. The summed E-state index contributed by atoms with van der Waals surface area (Å²) in [6.07, 6.45) is 3.76. The first-order chi connectivity index (χ1) is 8.56. The molecule has 0 saturated heterocycles. The Balaban J connectivity index is 1.96. The van der Waals surface area contributed by atoms with Gasteiger partial charge in [-0.15, -0.1) is 0 Å². The second-order valence-corrected chi connectivity index (χ2v) is 5.22. The van der Waals surface area contributed by atoms with Gasteiger partial charge in [0.2, 0.25) is 0 Å². The molecule has 0 atom stereocenters. The SMILES string of the molecule is Cc1cnn(CCNc2cc(F)c(I)cc2N)c1. The molecule has 0 bridgehead atoms. The molecule has 0 aliphatic rings. The number of rotatable bonds is 4. The van der Waals surface area contributed by atoms with Gasteiger partial charge in [-0.2, -0.15) is 5.10 Å². The molecule has 0 saturated carbocycles. The van der Waals surface area contributed by atoms with E-state index in [-0.39, 0.29) is 5.82 Å². The van der Waals surface area contributed by atoms with Crippen LogP contribution in [0.4, 0.5) is 15.8 Å². The van der Waals surface area contributed by atoms with E-state index >= 15 is 0 Å². The van der Waals surface area contributed by atoms with E-state index in [2.05, 4.69) is 10.4 Å². The summed E-state index contributed by atoms with van der Waals surface area (Å²) in [6.45, 7) is 3.34. The predicted molar refractivity (Wildman–Crippen MR) is 79.0 cm³/mol. The first-order valence-electron chi connectivity index (χ1n) is 5.53. The zero-order chi connectivity index (χ0) is 13.1. The predicted octanol–water partition coefficient (Wildman–Crippen LogP) is 2.63. The summed E-state index contributed by atoms with van der Waals surface area (Å²) in [7, 11) is 0. The third-order valence-electron chi connectivity index (χ3n) is 2.51. The largest absolute Gasteiger partial charge is 0.397 e. The average molecular weight is 360 g/mol. The molecule has 3 N–H and O–H groups in total. The fraction of sp³-hybridized carbons (Fsp3) is 0.250. The summed E-state index contributed by atoms with van der Waals surface area (Å²) in [5.41, 5.74) is 8.11. The van der Waals surface area contributed by atoms with Crippen LogP contribution in [0, 0.1) is 16.3 Å². The number of aryl methyl sites for hydroxylation is 1. The van der Waals surface area contributed by atoms with Gasteiger partial charge in [-0.25, -0.2) is 4.39 Å². The van der Waals surface area contributed by atoms with Crippen LogP contribution in [0.15, 0.2) is 24.5 Å². The maximum Gasteiger partial charge on any atom is 0.138 e. The molecule has 1 heterocycles. The Kier molecular flexibility index (Phi) is 4.05. The molecule has 1 aromatic carbocycles. The van der Waals surface area contributed by atoms with Crippen molar-refractivity contribution in [2.75, 3.05) is 17.6 Å². The lowest BCUT2D eigenvalue weighted by Gasteiger charge is -2.10. The Morgan fingerprint density at radius 2 is 2.28 bits per heavy atom. The minimum atomic E-state index is -0.262. The van der Waals surface area contributed by atoms with Crippen LogP contribution in [0.25, 0.3) is 0 Å². The number of nitrogens with zero attached hydrogens (tertiary/aromatic N) is 2. The van der Waals surface area contributed by atoms with Gasteiger partial charge in [-0.05, 0) is 41.1 Å². The van der Waals surface area contributed by atoms with E-state index in [1.807, 2.05) is 40.4 Å². The lowest BCUT2D eigenvalue weighted by atomic mass is 10.2. The van der Waals surface area contributed by atoms with E-state index < -0.39 is 0 Å². The summed E-state index contributed by atoms with van der Waals surface area (Å²) < 4.78 is 15.8. The highest BCUT2D eigenvalue weighted by atomic mass is 127. The van der Waals surface area contributed by atoms with Gasteiger partial charge >= 0.3 is 0 Å². The number of benzene rings is 1.